The zero-order valence-electron chi connectivity index (χ0n) is 12.2. The molecule has 1 aliphatic rings. The molecule has 0 aliphatic carbocycles. The van der Waals surface area contributed by atoms with Crippen LogP contribution in [0.4, 0.5) is 0 Å². The highest BCUT2D eigenvalue weighted by molar-refractivity contribution is 5.98. The van der Waals surface area contributed by atoms with Crippen LogP contribution in [0, 0.1) is 6.92 Å². The molecule has 0 spiro atoms. The first-order chi connectivity index (χ1) is 9.08. The standard InChI is InChI=1S/C16H24N2O/c1-13(2)18-10-8-17(9-11-18)12-16(19)15-7-5-4-6-14(15)3/h4-7,13H,8-12H2,1-3H3. The topological polar surface area (TPSA) is 23.6 Å². The zero-order valence-corrected chi connectivity index (χ0v) is 12.2. The molecule has 0 aromatic heterocycles. The number of nitrogens with zero attached hydrogens (tertiary/aromatic N) is 2. The van der Waals surface area contributed by atoms with E-state index in [1.54, 1.807) is 0 Å². The van der Waals surface area contributed by atoms with Crippen molar-refractivity contribution in [3.05, 3.63) is 35.4 Å². The highest BCUT2D eigenvalue weighted by Gasteiger charge is 2.21. The van der Waals surface area contributed by atoms with E-state index in [4.69, 9.17) is 0 Å². The van der Waals surface area contributed by atoms with Crippen LogP contribution in [-0.2, 0) is 0 Å². The fourth-order valence-electron chi connectivity index (χ4n) is 2.61. The number of ketones is 1. The van der Waals surface area contributed by atoms with Crippen molar-refractivity contribution in [2.75, 3.05) is 32.7 Å². The van der Waals surface area contributed by atoms with Crippen molar-refractivity contribution >= 4 is 5.78 Å². The molecule has 2 rings (SSSR count). The molecule has 19 heavy (non-hydrogen) atoms. The summed E-state index contributed by atoms with van der Waals surface area (Å²) in [5, 5.41) is 0. The zero-order chi connectivity index (χ0) is 13.8. The minimum atomic E-state index is 0.246. The Bertz CT molecular complexity index is 434. The van der Waals surface area contributed by atoms with E-state index in [2.05, 4.69) is 23.6 Å². The number of hydrogen-bond acceptors (Lipinski definition) is 3. The predicted molar refractivity (Wildman–Crippen MR) is 78.7 cm³/mol. The number of benzene rings is 1. The van der Waals surface area contributed by atoms with E-state index >= 15 is 0 Å². The summed E-state index contributed by atoms with van der Waals surface area (Å²) in [6.07, 6.45) is 0. The van der Waals surface area contributed by atoms with Crippen LogP contribution < -0.4 is 0 Å². The van der Waals surface area contributed by atoms with Crippen molar-refractivity contribution in [3.63, 3.8) is 0 Å². The Balaban J connectivity index is 1.89. The lowest BCUT2D eigenvalue weighted by Crippen LogP contribution is -2.50. The van der Waals surface area contributed by atoms with E-state index in [9.17, 15) is 4.79 Å². The Morgan fingerprint density at radius 1 is 1.16 bits per heavy atom. The van der Waals surface area contributed by atoms with E-state index in [-0.39, 0.29) is 5.78 Å². The van der Waals surface area contributed by atoms with Gasteiger partial charge in [0.15, 0.2) is 5.78 Å². The van der Waals surface area contributed by atoms with Crippen molar-refractivity contribution in [2.24, 2.45) is 0 Å². The van der Waals surface area contributed by atoms with Crippen molar-refractivity contribution in [1.29, 1.82) is 0 Å². The molecule has 3 nitrogen and oxygen atoms in total. The summed E-state index contributed by atoms with van der Waals surface area (Å²) in [5.74, 6) is 0.246. The second kappa shape index (κ2) is 6.31. The summed E-state index contributed by atoms with van der Waals surface area (Å²) < 4.78 is 0. The monoisotopic (exact) mass is 260 g/mol. The Labute approximate surface area is 116 Å². The van der Waals surface area contributed by atoms with Gasteiger partial charge in [0.2, 0.25) is 0 Å². The van der Waals surface area contributed by atoms with Gasteiger partial charge in [0.05, 0.1) is 6.54 Å². The third kappa shape index (κ3) is 3.64. The molecule has 0 atom stereocenters. The van der Waals surface area contributed by atoms with E-state index in [0.29, 0.717) is 12.6 Å². The molecule has 0 saturated carbocycles. The van der Waals surface area contributed by atoms with Gasteiger partial charge in [-0.05, 0) is 26.3 Å². The number of carbonyl (C=O) groups is 1. The lowest BCUT2D eigenvalue weighted by Gasteiger charge is -2.36. The summed E-state index contributed by atoms with van der Waals surface area (Å²) in [6, 6.07) is 8.46. The summed E-state index contributed by atoms with van der Waals surface area (Å²) in [4.78, 5) is 17.0. The fraction of sp³-hybridized carbons (Fsp3) is 0.562. The number of hydrogen-bond donors (Lipinski definition) is 0. The molecular formula is C16H24N2O. The van der Waals surface area contributed by atoms with Crippen LogP contribution >= 0.6 is 0 Å². The summed E-state index contributed by atoms with van der Waals surface area (Å²) >= 11 is 0. The van der Waals surface area contributed by atoms with Crippen LogP contribution in [0.3, 0.4) is 0 Å². The highest BCUT2D eigenvalue weighted by atomic mass is 16.1. The summed E-state index contributed by atoms with van der Waals surface area (Å²) in [6.45, 7) is 11.1. The third-order valence-electron chi connectivity index (χ3n) is 3.95. The smallest absolute Gasteiger partial charge is 0.177 e. The van der Waals surface area contributed by atoms with Gasteiger partial charge in [-0.1, -0.05) is 24.3 Å². The first kappa shape index (κ1) is 14.2. The minimum absolute atomic E-state index is 0.246. The van der Waals surface area contributed by atoms with Gasteiger partial charge in [0.25, 0.3) is 0 Å². The van der Waals surface area contributed by atoms with Crippen molar-refractivity contribution in [3.8, 4) is 0 Å². The van der Waals surface area contributed by atoms with Gasteiger partial charge in [-0.3, -0.25) is 14.6 Å². The van der Waals surface area contributed by atoms with E-state index in [1.165, 1.54) is 0 Å². The number of carbonyl (C=O) groups excluding carboxylic acids is 1. The van der Waals surface area contributed by atoms with Crippen molar-refractivity contribution in [2.45, 2.75) is 26.8 Å². The van der Waals surface area contributed by atoms with Crippen molar-refractivity contribution < 1.29 is 4.79 Å². The lowest BCUT2D eigenvalue weighted by molar-refractivity contribution is 0.0807. The number of aryl methyl sites for hydroxylation is 1. The molecule has 1 aromatic rings. The third-order valence-corrected chi connectivity index (χ3v) is 3.95. The molecule has 1 aromatic carbocycles. The van der Waals surface area contributed by atoms with Crippen molar-refractivity contribution in [1.82, 2.24) is 9.80 Å². The van der Waals surface area contributed by atoms with E-state index in [0.717, 1.165) is 37.3 Å². The van der Waals surface area contributed by atoms with Crippen LogP contribution in [0.5, 0.6) is 0 Å². The first-order valence-electron chi connectivity index (χ1n) is 7.13. The molecule has 0 N–H and O–H groups in total. The van der Waals surface area contributed by atoms with Gasteiger partial charge >= 0.3 is 0 Å². The second-order valence-electron chi connectivity index (χ2n) is 5.64. The van der Waals surface area contributed by atoms with E-state index in [1.807, 2.05) is 31.2 Å². The molecule has 104 valence electrons. The highest BCUT2D eigenvalue weighted by Crippen LogP contribution is 2.11. The molecular weight excluding hydrogens is 236 g/mol. The van der Waals surface area contributed by atoms with Crippen LogP contribution in [0.25, 0.3) is 0 Å². The molecule has 0 bridgehead atoms. The normalized spacial score (nSPS) is 17.9. The summed E-state index contributed by atoms with van der Waals surface area (Å²) in [5.41, 5.74) is 1.95. The quantitative estimate of drug-likeness (QED) is 0.775. The van der Waals surface area contributed by atoms with Crippen LogP contribution in [0.1, 0.15) is 29.8 Å². The molecule has 0 radical (unpaired) electrons. The van der Waals surface area contributed by atoms with Gasteiger partial charge in [-0.15, -0.1) is 0 Å². The van der Waals surface area contributed by atoms with Gasteiger partial charge in [-0.2, -0.15) is 0 Å². The molecule has 1 aliphatic heterocycles. The average molecular weight is 260 g/mol. The average Bonchev–Trinajstić information content (AvgIpc) is 2.39. The van der Waals surface area contributed by atoms with Gasteiger partial charge in [-0.25, -0.2) is 0 Å². The largest absolute Gasteiger partial charge is 0.298 e. The predicted octanol–water partition coefficient (Wildman–Crippen LogP) is 2.20. The molecule has 1 heterocycles. The Morgan fingerprint density at radius 2 is 1.79 bits per heavy atom. The Hall–Kier alpha value is -1.19. The molecule has 1 fully saturated rings. The van der Waals surface area contributed by atoms with Crippen LogP contribution in [0.15, 0.2) is 24.3 Å². The number of piperazine rings is 1. The van der Waals surface area contributed by atoms with E-state index < -0.39 is 0 Å². The number of Topliss-reactive ketones (excluding diaryl/α,β-unsaturated/α-hetero) is 1. The fourth-order valence-corrected chi connectivity index (χ4v) is 2.61. The van der Waals surface area contributed by atoms with Gasteiger partial charge < -0.3 is 0 Å². The Morgan fingerprint density at radius 3 is 2.37 bits per heavy atom. The Kier molecular flexibility index (Phi) is 4.72. The molecule has 0 amide bonds. The van der Waals surface area contributed by atoms with Crippen LogP contribution in [-0.4, -0.2) is 54.3 Å². The molecule has 3 heteroatoms. The molecule has 1 saturated heterocycles. The van der Waals surface area contributed by atoms with Gasteiger partial charge in [0, 0.05) is 37.8 Å². The first-order valence-corrected chi connectivity index (χ1v) is 7.13. The summed E-state index contributed by atoms with van der Waals surface area (Å²) in [7, 11) is 0. The maximum atomic E-state index is 12.3. The SMILES string of the molecule is Cc1ccccc1C(=O)CN1CCN(C(C)C)CC1. The minimum Gasteiger partial charge on any atom is -0.298 e. The maximum Gasteiger partial charge on any atom is 0.177 e. The lowest BCUT2D eigenvalue weighted by atomic mass is 10.0. The molecule has 0 unspecified atom stereocenters. The number of rotatable bonds is 4. The van der Waals surface area contributed by atoms with Crippen LogP contribution in [0.2, 0.25) is 0 Å². The van der Waals surface area contributed by atoms with Gasteiger partial charge in [0.1, 0.15) is 0 Å². The maximum absolute atomic E-state index is 12.3. The second-order valence-corrected chi connectivity index (χ2v) is 5.64.